The normalized spacial score (nSPS) is 12.0. The average Bonchev–Trinajstić information content (AvgIpc) is 2.99. The summed E-state index contributed by atoms with van der Waals surface area (Å²) in [6, 6.07) is 18.2. The first kappa shape index (κ1) is 25.9. The molecule has 0 amide bonds. The van der Waals surface area contributed by atoms with Gasteiger partial charge < -0.3 is 15.4 Å². The second kappa shape index (κ2) is 10.3. The number of anilines is 1. The number of rotatable bonds is 6. The molecular formula is C30H21ClN6O4. The van der Waals surface area contributed by atoms with E-state index in [9.17, 15) is 19.5 Å². The molecule has 0 radical (unpaired) electrons. The van der Waals surface area contributed by atoms with Crippen LogP contribution in [0, 0.1) is 0 Å². The van der Waals surface area contributed by atoms with Crippen LogP contribution in [0.25, 0.3) is 38.6 Å². The van der Waals surface area contributed by atoms with Gasteiger partial charge in [0.1, 0.15) is 28.9 Å². The molecule has 4 heterocycles. The summed E-state index contributed by atoms with van der Waals surface area (Å²) in [7, 11) is 0. The monoisotopic (exact) mass is 564 g/mol. The third-order valence-corrected chi connectivity index (χ3v) is 7.20. The number of carboxylic acid groups (broad SMARTS) is 1. The minimum Gasteiger partial charge on any atom is -0.477 e. The van der Waals surface area contributed by atoms with Crippen molar-refractivity contribution in [2.45, 2.75) is 13.0 Å². The first-order chi connectivity index (χ1) is 19.8. The summed E-state index contributed by atoms with van der Waals surface area (Å²) in [6.07, 6.45) is 4.28. The first-order valence-electron chi connectivity index (χ1n) is 12.6. The first-order valence-corrected chi connectivity index (χ1v) is 12.9. The lowest BCUT2D eigenvalue weighted by Crippen LogP contribution is -2.27. The fourth-order valence-electron chi connectivity index (χ4n) is 4.95. The van der Waals surface area contributed by atoms with Crippen molar-refractivity contribution in [1.29, 1.82) is 0 Å². The van der Waals surface area contributed by atoms with E-state index >= 15 is 0 Å². The van der Waals surface area contributed by atoms with E-state index in [0.29, 0.717) is 49.8 Å². The minimum atomic E-state index is -1.14. The minimum absolute atomic E-state index is 0.105. The zero-order valence-electron chi connectivity index (χ0n) is 21.5. The van der Waals surface area contributed by atoms with Crippen molar-refractivity contribution in [3.63, 3.8) is 0 Å². The van der Waals surface area contributed by atoms with Crippen molar-refractivity contribution in [1.82, 2.24) is 24.5 Å². The Morgan fingerprint density at radius 3 is 2.51 bits per heavy atom. The topological polar surface area (TPSA) is 143 Å². The second-order valence-electron chi connectivity index (χ2n) is 9.29. The number of fused-ring (bicyclic) bond motifs is 2. The lowest BCUT2D eigenvalue weighted by molar-refractivity contribution is 0.0690. The van der Waals surface area contributed by atoms with Gasteiger partial charge in [-0.1, -0.05) is 54.1 Å². The molecule has 0 spiro atoms. The zero-order chi connectivity index (χ0) is 28.7. The number of nitrogens with zero attached hydrogens (tertiary/aromatic N) is 4. The van der Waals surface area contributed by atoms with Gasteiger partial charge in [-0.2, -0.15) is 0 Å². The van der Waals surface area contributed by atoms with E-state index in [4.69, 9.17) is 11.6 Å². The molecule has 1 atom stereocenters. The Kier molecular flexibility index (Phi) is 6.52. The van der Waals surface area contributed by atoms with Crippen LogP contribution in [0.15, 0.2) is 95.0 Å². The van der Waals surface area contributed by atoms with E-state index < -0.39 is 12.0 Å². The molecule has 0 saturated heterocycles. The van der Waals surface area contributed by atoms with Gasteiger partial charge in [-0.05, 0) is 30.7 Å². The average molecular weight is 565 g/mol. The largest absolute Gasteiger partial charge is 0.477 e. The van der Waals surface area contributed by atoms with Crippen molar-refractivity contribution >= 4 is 45.2 Å². The van der Waals surface area contributed by atoms with E-state index in [-0.39, 0.29) is 22.1 Å². The number of H-pyrrole nitrogens is 1. The van der Waals surface area contributed by atoms with E-state index in [1.807, 2.05) is 25.1 Å². The van der Waals surface area contributed by atoms with Gasteiger partial charge in [-0.25, -0.2) is 19.7 Å². The quantitative estimate of drug-likeness (QED) is 0.250. The van der Waals surface area contributed by atoms with Crippen molar-refractivity contribution in [2.24, 2.45) is 0 Å². The van der Waals surface area contributed by atoms with Crippen molar-refractivity contribution in [3.8, 4) is 16.8 Å². The van der Waals surface area contributed by atoms with Crippen LogP contribution in [0.1, 0.15) is 29.1 Å². The number of aromatic carboxylic acids is 1. The number of carboxylic acids is 1. The van der Waals surface area contributed by atoms with Crippen LogP contribution in [0.3, 0.4) is 0 Å². The lowest BCUT2D eigenvalue weighted by Gasteiger charge is -2.24. The van der Waals surface area contributed by atoms with E-state index in [1.54, 1.807) is 41.0 Å². The third kappa shape index (κ3) is 4.50. The Hall–Kier alpha value is -5.35. The smallest absolute Gasteiger partial charge is 0.354 e. The van der Waals surface area contributed by atoms with Gasteiger partial charge >= 0.3 is 5.97 Å². The third-order valence-electron chi connectivity index (χ3n) is 6.80. The number of nitrogens with one attached hydrogen (secondary N) is 2. The summed E-state index contributed by atoms with van der Waals surface area (Å²) in [5.41, 5.74) is 1.86. The molecule has 0 aliphatic heterocycles. The lowest BCUT2D eigenvalue weighted by atomic mass is 9.98. The summed E-state index contributed by atoms with van der Waals surface area (Å²) in [4.78, 5) is 53.8. The van der Waals surface area contributed by atoms with Gasteiger partial charge in [0.25, 0.3) is 5.56 Å². The number of para-hydroxylation sites is 1. The van der Waals surface area contributed by atoms with Crippen LogP contribution in [-0.2, 0) is 0 Å². The molecule has 0 fully saturated rings. The second-order valence-corrected chi connectivity index (χ2v) is 9.67. The van der Waals surface area contributed by atoms with Gasteiger partial charge in [-0.3, -0.25) is 14.2 Å². The molecule has 2 aromatic carbocycles. The number of hydrogen-bond acceptors (Lipinski definition) is 7. The predicted octanol–water partition coefficient (Wildman–Crippen LogP) is 5.21. The fourth-order valence-corrected chi connectivity index (χ4v) is 5.36. The van der Waals surface area contributed by atoms with Gasteiger partial charge in [0, 0.05) is 35.1 Å². The van der Waals surface area contributed by atoms with Crippen molar-refractivity contribution < 1.29 is 9.90 Å². The highest BCUT2D eigenvalue weighted by Gasteiger charge is 2.24. The standard InChI is InChI=1S/C30H21ClN6O4/c1-16(36-28-24-22(38)12-13-32-27(24)34-15-35-28)26-25(31)20-9-5-8-19(17-10-11-21(30(40)41)33-14-17)23(20)29(39)37(26)18-6-3-2-4-7-18/h2-16H,1H3,(H,40,41)(H2,32,34,35,36,38). The highest BCUT2D eigenvalue weighted by molar-refractivity contribution is 6.36. The number of benzene rings is 2. The van der Waals surface area contributed by atoms with Gasteiger partial charge in [0.05, 0.1) is 22.1 Å². The van der Waals surface area contributed by atoms with Gasteiger partial charge in [0.2, 0.25) is 0 Å². The number of hydrogen-bond donors (Lipinski definition) is 3. The molecule has 41 heavy (non-hydrogen) atoms. The summed E-state index contributed by atoms with van der Waals surface area (Å²) in [6.45, 7) is 1.83. The number of aromatic amines is 1. The van der Waals surface area contributed by atoms with E-state index in [2.05, 4.69) is 25.3 Å². The Morgan fingerprint density at radius 2 is 1.78 bits per heavy atom. The molecule has 4 aromatic heterocycles. The van der Waals surface area contributed by atoms with E-state index in [1.165, 1.54) is 30.9 Å². The van der Waals surface area contributed by atoms with Crippen LogP contribution in [0.2, 0.25) is 5.02 Å². The summed E-state index contributed by atoms with van der Waals surface area (Å²) in [5.74, 6) is -0.848. The van der Waals surface area contributed by atoms with Gasteiger partial charge in [0.15, 0.2) is 5.43 Å². The SMILES string of the molecule is CC(Nc1ncnc2[nH]ccc(=O)c12)c1c(Cl)c2cccc(-c3ccc(C(=O)O)nc3)c2c(=O)n1-c1ccccc1. The fraction of sp³-hybridized carbons (Fsp3) is 0.0667. The van der Waals surface area contributed by atoms with Crippen LogP contribution >= 0.6 is 11.6 Å². The maximum absolute atomic E-state index is 14.4. The molecule has 0 aliphatic rings. The molecular weight excluding hydrogens is 544 g/mol. The maximum atomic E-state index is 14.4. The van der Waals surface area contributed by atoms with Crippen LogP contribution in [0.4, 0.5) is 5.82 Å². The summed E-state index contributed by atoms with van der Waals surface area (Å²) < 4.78 is 1.54. The highest BCUT2D eigenvalue weighted by Crippen LogP contribution is 2.36. The van der Waals surface area contributed by atoms with Crippen LogP contribution in [0.5, 0.6) is 0 Å². The van der Waals surface area contributed by atoms with Crippen LogP contribution < -0.4 is 16.3 Å². The number of aromatic nitrogens is 5. The molecule has 6 rings (SSSR count). The molecule has 0 saturated carbocycles. The highest BCUT2D eigenvalue weighted by atomic mass is 35.5. The molecule has 10 nitrogen and oxygen atoms in total. The summed E-state index contributed by atoms with van der Waals surface area (Å²) in [5, 5.41) is 14.0. The van der Waals surface area contributed by atoms with Crippen molar-refractivity contribution in [2.75, 3.05) is 5.32 Å². The molecule has 3 N–H and O–H groups in total. The number of carbonyl (C=O) groups is 1. The Labute approximate surface area is 237 Å². The molecule has 202 valence electrons. The molecule has 6 aromatic rings. The molecule has 1 unspecified atom stereocenters. The number of halogens is 1. The Balaban J connectivity index is 1.60. The Morgan fingerprint density at radius 1 is 0.976 bits per heavy atom. The van der Waals surface area contributed by atoms with Crippen molar-refractivity contribution in [3.05, 3.63) is 122 Å². The molecule has 0 aliphatic carbocycles. The van der Waals surface area contributed by atoms with Crippen LogP contribution in [-0.4, -0.2) is 35.6 Å². The van der Waals surface area contributed by atoms with Gasteiger partial charge in [-0.15, -0.1) is 0 Å². The Bertz CT molecular complexity index is 2070. The maximum Gasteiger partial charge on any atom is 0.354 e. The summed E-state index contributed by atoms with van der Waals surface area (Å²) >= 11 is 7.11. The zero-order valence-corrected chi connectivity index (χ0v) is 22.3. The number of pyridine rings is 3. The van der Waals surface area contributed by atoms with E-state index in [0.717, 1.165) is 0 Å². The molecule has 11 heteroatoms. The molecule has 0 bridgehead atoms. The predicted molar refractivity (Wildman–Crippen MR) is 157 cm³/mol.